The molecule has 0 aromatic rings. The van der Waals surface area contributed by atoms with E-state index in [0.717, 1.165) is 0 Å². The molecule has 0 spiro atoms. The molecule has 0 aliphatic carbocycles. The van der Waals surface area contributed by atoms with Crippen LogP contribution in [0.15, 0.2) is 0 Å². The number of nitrogens with two attached hydrogens (primary N) is 1. The highest BCUT2D eigenvalue weighted by Gasteiger charge is 2.43. The number of hydrogen-bond acceptors (Lipinski definition) is 4. The second-order valence-electron chi connectivity index (χ2n) is 5.03. The van der Waals surface area contributed by atoms with Crippen LogP contribution in [0.4, 0.5) is 4.79 Å². The fraction of sp³-hybridized carbons (Fsp3) is 0.750. The van der Waals surface area contributed by atoms with Gasteiger partial charge in [0.2, 0.25) is 5.91 Å². The topological polar surface area (TPSA) is 113 Å². The average molecular weight is 303 g/mol. The van der Waals surface area contributed by atoms with E-state index in [0.29, 0.717) is 12.2 Å². The molecular formula is C12H21N3O4S. The van der Waals surface area contributed by atoms with E-state index in [1.54, 1.807) is 13.8 Å². The summed E-state index contributed by atoms with van der Waals surface area (Å²) < 4.78 is 0. The fourth-order valence-corrected chi connectivity index (χ4v) is 3.55. The molecule has 8 heteroatoms. The highest BCUT2D eigenvalue weighted by atomic mass is 32.2. The Morgan fingerprint density at radius 3 is 2.45 bits per heavy atom. The minimum atomic E-state index is -1.02. The van der Waals surface area contributed by atoms with Gasteiger partial charge in [-0.05, 0) is 12.3 Å². The van der Waals surface area contributed by atoms with Gasteiger partial charge in [0.15, 0.2) is 0 Å². The van der Waals surface area contributed by atoms with Crippen molar-refractivity contribution in [3.63, 3.8) is 0 Å². The number of amides is 3. The Kier molecular flexibility index (Phi) is 5.67. The largest absolute Gasteiger partial charge is 0.480 e. The van der Waals surface area contributed by atoms with Crippen molar-refractivity contribution in [2.75, 3.05) is 5.75 Å². The van der Waals surface area contributed by atoms with Gasteiger partial charge in [0, 0.05) is 5.75 Å². The molecule has 3 amide bonds. The maximum Gasteiger partial charge on any atom is 0.327 e. The Balaban J connectivity index is 2.99. The van der Waals surface area contributed by atoms with Gasteiger partial charge in [-0.25, -0.2) is 9.59 Å². The van der Waals surface area contributed by atoms with Gasteiger partial charge in [-0.2, -0.15) is 0 Å². The predicted octanol–water partition coefficient (Wildman–Crippen LogP) is 0.444. The summed E-state index contributed by atoms with van der Waals surface area (Å²) in [5.74, 6) is -1.22. The van der Waals surface area contributed by atoms with Crippen molar-refractivity contribution < 1.29 is 19.5 Å². The molecule has 0 radical (unpaired) electrons. The maximum absolute atomic E-state index is 12.6. The number of thioether (sulfide) groups is 1. The maximum atomic E-state index is 12.6. The second-order valence-corrected chi connectivity index (χ2v) is 6.24. The third kappa shape index (κ3) is 3.56. The number of carboxylic acids is 1. The minimum absolute atomic E-state index is 0.174. The minimum Gasteiger partial charge on any atom is -0.480 e. The highest BCUT2D eigenvalue weighted by Crippen LogP contribution is 2.32. The van der Waals surface area contributed by atoms with Crippen molar-refractivity contribution in [3.05, 3.63) is 0 Å². The number of nitrogens with one attached hydrogen (secondary N) is 1. The number of aliphatic carboxylic acids is 1. The van der Waals surface area contributed by atoms with Gasteiger partial charge in [-0.1, -0.05) is 20.8 Å². The third-order valence-corrected chi connectivity index (χ3v) is 4.67. The Labute approximate surface area is 122 Å². The molecule has 1 aliphatic heterocycles. The third-order valence-electron chi connectivity index (χ3n) is 3.21. The molecule has 1 heterocycles. The number of carboxylic acid groups (broad SMARTS) is 1. The molecule has 7 nitrogen and oxygen atoms in total. The smallest absolute Gasteiger partial charge is 0.327 e. The normalized spacial score (nSPS) is 23.7. The molecule has 0 aromatic carbocycles. The van der Waals surface area contributed by atoms with Gasteiger partial charge < -0.3 is 21.1 Å². The number of nitrogens with zero attached hydrogens (tertiary/aromatic N) is 1. The van der Waals surface area contributed by atoms with Gasteiger partial charge >= 0.3 is 12.0 Å². The van der Waals surface area contributed by atoms with Crippen LogP contribution in [0.25, 0.3) is 0 Å². The first-order valence-electron chi connectivity index (χ1n) is 6.52. The van der Waals surface area contributed by atoms with Crippen LogP contribution in [0.1, 0.15) is 27.2 Å². The number of carbonyl (C=O) groups excluding carboxylic acids is 2. The molecule has 1 rings (SSSR count). The summed E-state index contributed by atoms with van der Waals surface area (Å²) in [4.78, 5) is 36.2. The molecule has 114 valence electrons. The summed E-state index contributed by atoms with van der Waals surface area (Å²) in [6.07, 6.45) is 0.654. The van der Waals surface area contributed by atoms with Crippen LogP contribution in [-0.2, 0) is 9.59 Å². The zero-order valence-electron chi connectivity index (χ0n) is 11.8. The van der Waals surface area contributed by atoms with Crippen molar-refractivity contribution >= 4 is 29.7 Å². The Bertz CT molecular complexity index is 402. The summed E-state index contributed by atoms with van der Waals surface area (Å²) in [5.41, 5.74) is 5.09. The van der Waals surface area contributed by atoms with Crippen LogP contribution < -0.4 is 11.1 Å². The Morgan fingerprint density at radius 1 is 1.45 bits per heavy atom. The standard InChI is InChI=1S/C12H21N3O4S/c1-4-8-15(7(5-20-8)11(17)18)10(16)9(6(2)3)14-12(13)19/h6-9H,4-5H2,1-3H3,(H,17,18)(H3,13,14,19). The molecule has 3 unspecified atom stereocenters. The van der Waals surface area contributed by atoms with Crippen molar-refractivity contribution in [2.45, 2.75) is 44.6 Å². The molecule has 0 aromatic heterocycles. The zero-order chi connectivity index (χ0) is 15.4. The van der Waals surface area contributed by atoms with Crippen molar-refractivity contribution in [1.82, 2.24) is 10.2 Å². The van der Waals surface area contributed by atoms with Crippen molar-refractivity contribution in [1.29, 1.82) is 0 Å². The number of primary amides is 1. The van der Waals surface area contributed by atoms with Crippen LogP contribution in [0.3, 0.4) is 0 Å². The van der Waals surface area contributed by atoms with E-state index in [4.69, 9.17) is 5.73 Å². The van der Waals surface area contributed by atoms with Crippen LogP contribution >= 0.6 is 11.8 Å². The number of hydrogen-bond donors (Lipinski definition) is 3. The fourth-order valence-electron chi connectivity index (χ4n) is 2.19. The lowest BCUT2D eigenvalue weighted by Crippen LogP contribution is -2.56. The second kappa shape index (κ2) is 6.83. The Morgan fingerprint density at radius 2 is 2.05 bits per heavy atom. The molecule has 4 N–H and O–H groups in total. The lowest BCUT2D eigenvalue weighted by molar-refractivity contribution is -0.150. The molecule has 0 saturated carbocycles. The van der Waals surface area contributed by atoms with Gasteiger partial charge in [0.05, 0.1) is 5.37 Å². The summed E-state index contributed by atoms with van der Waals surface area (Å²) >= 11 is 1.44. The molecule has 0 bridgehead atoms. The summed E-state index contributed by atoms with van der Waals surface area (Å²) in [5, 5.41) is 11.5. The van der Waals surface area contributed by atoms with Crippen molar-refractivity contribution in [2.24, 2.45) is 11.7 Å². The molecule has 1 saturated heterocycles. The van der Waals surface area contributed by atoms with E-state index in [2.05, 4.69) is 5.32 Å². The van der Waals surface area contributed by atoms with Crippen LogP contribution in [0, 0.1) is 5.92 Å². The van der Waals surface area contributed by atoms with E-state index in [1.807, 2.05) is 6.92 Å². The van der Waals surface area contributed by atoms with Crippen LogP contribution in [0.2, 0.25) is 0 Å². The zero-order valence-corrected chi connectivity index (χ0v) is 12.6. The van der Waals surface area contributed by atoms with E-state index >= 15 is 0 Å². The number of rotatable bonds is 5. The van der Waals surface area contributed by atoms with Gasteiger partial charge in [-0.15, -0.1) is 11.8 Å². The van der Waals surface area contributed by atoms with E-state index in [1.165, 1.54) is 16.7 Å². The first kappa shape index (κ1) is 16.6. The lowest BCUT2D eigenvalue weighted by atomic mass is 10.0. The Hall–Kier alpha value is -1.44. The molecular weight excluding hydrogens is 282 g/mol. The van der Waals surface area contributed by atoms with E-state index in [-0.39, 0.29) is 17.2 Å². The number of carbonyl (C=O) groups is 3. The summed E-state index contributed by atoms with van der Waals surface area (Å²) in [7, 11) is 0. The molecule has 3 atom stereocenters. The SMILES string of the molecule is CCC1SCC(C(=O)O)N1C(=O)C(NC(N)=O)C(C)C. The first-order valence-corrected chi connectivity index (χ1v) is 7.57. The average Bonchev–Trinajstić information content (AvgIpc) is 2.78. The van der Waals surface area contributed by atoms with E-state index < -0.39 is 24.1 Å². The predicted molar refractivity (Wildman–Crippen MR) is 76.2 cm³/mol. The summed E-state index contributed by atoms with van der Waals surface area (Å²) in [6.45, 7) is 5.45. The van der Waals surface area contributed by atoms with Gasteiger partial charge in [0.25, 0.3) is 0 Å². The van der Waals surface area contributed by atoms with Gasteiger partial charge in [0.1, 0.15) is 12.1 Å². The highest BCUT2D eigenvalue weighted by molar-refractivity contribution is 8.00. The lowest BCUT2D eigenvalue weighted by Gasteiger charge is -2.32. The van der Waals surface area contributed by atoms with Crippen LogP contribution in [-0.4, -0.2) is 51.1 Å². The first-order chi connectivity index (χ1) is 9.29. The van der Waals surface area contributed by atoms with Gasteiger partial charge in [-0.3, -0.25) is 4.79 Å². The monoisotopic (exact) mass is 303 g/mol. The van der Waals surface area contributed by atoms with E-state index in [9.17, 15) is 19.5 Å². The molecule has 1 fully saturated rings. The summed E-state index contributed by atoms with van der Waals surface area (Å²) in [6, 6.07) is -2.45. The van der Waals surface area contributed by atoms with Crippen LogP contribution in [0.5, 0.6) is 0 Å². The molecule has 1 aliphatic rings. The van der Waals surface area contributed by atoms with Crippen molar-refractivity contribution in [3.8, 4) is 0 Å². The molecule has 20 heavy (non-hydrogen) atoms. The quantitative estimate of drug-likeness (QED) is 0.682. The number of urea groups is 1.